The highest BCUT2D eigenvalue weighted by Gasteiger charge is 2.13. The summed E-state index contributed by atoms with van der Waals surface area (Å²) in [7, 11) is 0. The third-order valence-corrected chi connectivity index (χ3v) is 2.55. The van der Waals surface area contributed by atoms with Crippen molar-refractivity contribution in [1.82, 2.24) is 4.57 Å². The van der Waals surface area contributed by atoms with E-state index in [2.05, 4.69) is 18.4 Å². The minimum absolute atomic E-state index is 0.466. The average Bonchev–Trinajstić information content (AvgIpc) is 2.59. The van der Waals surface area contributed by atoms with Crippen molar-refractivity contribution in [1.29, 1.82) is 0 Å². The number of aromatic carboxylic acids is 1. The quantitative estimate of drug-likeness (QED) is 0.782. The second-order valence-corrected chi connectivity index (χ2v) is 3.78. The van der Waals surface area contributed by atoms with Gasteiger partial charge in [0.1, 0.15) is 0 Å². The molecule has 3 nitrogen and oxygen atoms in total. The van der Waals surface area contributed by atoms with E-state index in [0.29, 0.717) is 5.56 Å². The van der Waals surface area contributed by atoms with Gasteiger partial charge in [-0.3, -0.25) is 0 Å². The second kappa shape index (κ2) is 5.59. The molecule has 0 aliphatic heterocycles. The van der Waals surface area contributed by atoms with Gasteiger partial charge in [0.2, 0.25) is 0 Å². The standard InChI is InChI=1S/C12H19NO2/c1-3-5-8-13-9-7-10(12(14)15)11(13)6-4-2/h7,9H,3-6,8H2,1-2H3,(H,14,15). The third kappa shape index (κ3) is 2.85. The molecule has 0 radical (unpaired) electrons. The topological polar surface area (TPSA) is 42.2 Å². The number of unbranched alkanes of at least 4 members (excludes halogenated alkanes) is 1. The molecule has 1 N–H and O–H groups in total. The van der Waals surface area contributed by atoms with E-state index in [1.54, 1.807) is 6.07 Å². The van der Waals surface area contributed by atoms with E-state index in [9.17, 15) is 4.79 Å². The molecule has 0 aliphatic carbocycles. The Balaban J connectivity index is 2.90. The Kier molecular flexibility index (Phi) is 4.40. The van der Waals surface area contributed by atoms with Gasteiger partial charge >= 0.3 is 5.97 Å². The fraction of sp³-hybridized carbons (Fsp3) is 0.583. The lowest BCUT2D eigenvalue weighted by atomic mass is 10.1. The Morgan fingerprint density at radius 2 is 2.13 bits per heavy atom. The molecule has 3 heteroatoms. The minimum Gasteiger partial charge on any atom is -0.478 e. The van der Waals surface area contributed by atoms with E-state index in [1.807, 2.05) is 6.20 Å². The molecule has 0 fully saturated rings. The fourth-order valence-electron chi connectivity index (χ4n) is 1.75. The molecule has 0 saturated heterocycles. The lowest BCUT2D eigenvalue weighted by Gasteiger charge is -2.08. The molecular weight excluding hydrogens is 190 g/mol. The van der Waals surface area contributed by atoms with Gasteiger partial charge in [-0.25, -0.2) is 4.79 Å². The van der Waals surface area contributed by atoms with Gasteiger partial charge in [0.15, 0.2) is 0 Å². The van der Waals surface area contributed by atoms with E-state index in [1.165, 1.54) is 0 Å². The van der Waals surface area contributed by atoms with E-state index in [4.69, 9.17) is 5.11 Å². The minimum atomic E-state index is -0.811. The summed E-state index contributed by atoms with van der Waals surface area (Å²) in [5.74, 6) is -0.811. The van der Waals surface area contributed by atoms with Crippen LogP contribution < -0.4 is 0 Å². The van der Waals surface area contributed by atoms with Crippen LogP contribution in [0.2, 0.25) is 0 Å². The van der Waals surface area contributed by atoms with Gasteiger partial charge < -0.3 is 9.67 Å². The largest absolute Gasteiger partial charge is 0.478 e. The highest BCUT2D eigenvalue weighted by atomic mass is 16.4. The molecule has 1 rings (SSSR count). The van der Waals surface area contributed by atoms with E-state index < -0.39 is 5.97 Å². The van der Waals surface area contributed by atoms with Crippen LogP contribution in [0, 0.1) is 0 Å². The Morgan fingerprint density at radius 1 is 1.40 bits per heavy atom. The predicted molar refractivity (Wildman–Crippen MR) is 60.3 cm³/mol. The number of carboxylic acids is 1. The summed E-state index contributed by atoms with van der Waals surface area (Å²) in [5.41, 5.74) is 1.44. The summed E-state index contributed by atoms with van der Waals surface area (Å²) in [6.45, 7) is 5.14. The Labute approximate surface area is 90.7 Å². The molecule has 0 spiro atoms. The van der Waals surface area contributed by atoms with Crippen LogP contribution in [0.3, 0.4) is 0 Å². The van der Waals surface area contributed by atoms with Crippen LogP contribution in [0.4, 0.5) is 0 Å². The highest BCUT2D eigenvalue weighted by Crippen LogP contribution is 2.14. The lowest BCUT2D eigenvalue weighted by molar-refractivity contribution is 0.0695. The first kappa shape index (κ1) is 11.8. The molecule has 84 valence electrons. The Bertz CT molecular complexity index is 328. The summed E-state index contributed by atoms with van der Waals surface area (Å²) in [6.07, 6.45) is 5.95. The molecule has 0 atom stereocenters. The van der Waals surface area contributed by atoms with Gasteiger partial charge in [0.25, 0.3) is 0 Å². The van der Waals surface area contributed by atoms with Crippen molar-refractivity contribution in [3.8, 4) is 0 Å². The van der Waals surface area contributed by atoms with Crippen LogP contribution in [0.5, 0.6) is 0 Å². The van der Waals surface area contributed by atoms with Crippen molar-refractivity contribution < 1.29 is 9.90 Å². The first-order chi connectivity index (χ1) is 7.20. The smallest absolute Gasteiger partial charge is 0.337 e. The Morgan fingerprint density at radius 3 is 2.67 bits per heavy atom. The first-order valence-electron chi connectivity index (χ1n) is 5.62. The molecular formula is C12H19NO2. The van der Waals surface area contributed by atoms with Gasteiger partial charge in [-0.2, -0.15) is 0 Å². The molecule has 0 unspecified atom stereocenters. The normalized spacial score (nSPS) is 10.5. The summed E-state index contributed by atoms with van der Waals surface area (Å²) in [4.78, 5) is 11.0. The van der Waals surface area contributed by atoms with Crippen molar-refractivity contribution in [2.45, 2.75) is 46.1 Å². The molecule has 1 aromatic heterocycles. The number of hydrogen-bond donors (Lipinski definition) is 1. The molecule has 1 aromatic rings. The molecule has 0 aliphatic rings. The molecule has 0 saturated carbocycles. The second-order valence-electron chi connectivity index (χ2n) is 3.78. The maximum Gasteiger partial charge on any atom is 0.337 e. The van der Waals surface area contributed by atoms with Gasteiger partial charge in [-0.05, 0) is 18.9 Å². The maximum atomic E-state index is 11.0. The van der Waals surface area contributed by atoms with Crippen molar-refractivity contribution in [2.75, 3.05) is 0 Å². The zero-order valence-electron chi connectivity index (χ0n) is 9.49. The molecule has 0 bridgehead atoms. The van der Waals surface area contributed by atoms with Gasteiger partial charge in [-0.15, -0.1) is 0 Å². The highest BCUT2D eigenvalue weighted by molar-refractivity contribution is 5.89. The van der Waals surface area contributed by atoms with Crippen LogP contribution in [-0.4, -0.2) is 15.6 Å². The van der Waals surface area contributed by atoms with Gasteiger partial charge in [0, 0.05) is 18.4 Å². The van der Waals surface area contributed by atoms with Gasteiger partial charge in [0.05, 0.1) is 5.56 Å². The van der Waals surface area contributed by atoms with Crippen molar-refractivity contribution >= 4 is 5.97 Å². The zero-order valence-corrected chi connectivity index (χ0v) is 9.49. The van der Waals surface area contributed by atoms with Crippen LogP contribution in [0.1, 0.15) is 49.2 Å². The summed E-state index contributed by atoms with van der Waals surface area (Å²) >= 11 is 0. The number of carbonyl (C=O) groups is 1. The summed E-state index contributed by atoms with van der Waals surface area (Å²) in [6, 6.07) is 1.71. The molecule has 0 aromatic carbocycles. The average molecular weight is 209 g/mol. The maximum absolute atomic E-state index is 11.0. The fourth-order valence-corrected chi connectivity index (χ4v) is 1.75. The SMILES string of the molecule is CCCCn1ccc(C(=O)O)c1CCC. The summed E-state index contributed by atoms with van der Waals surface area (Å²) in [5, 5.41) is 9.02. The van der Waals surface area contributed by atoms with Crippen LogP contribution >= 0.6 is 0 Å². The molecule has 15 heavy (non-hydrogen) atoms. The van der Waals surface area contributed by atoms with E-state index in [-0.39, 0.29) is 0 Å². The van der Waals surface area contributed by atoms with E-state index >= 15 is 0 Å². The number of aryl methyl sites for hydroxylation is 1. The lowest BCUT2D eigenvalue weighted by Crippen LogP contribution is -2.06. The summed E-state index contributed by atoms with van der Waals surface area (Å²) < 4.78 is 2.08. The van der Waals surface area contributed by atoms with Crippen LogP contribution in [0.15, 0.2) is 12.3 Å². The predicted octanol–water partition coefficient (Wildman–Crippen LogP) is 2.94. The number of hydrogen-bond acceptors (Lipinski definition) is 1. The van der Waals surface area contributed by atoms with E-state index in [0.717, 1.165) is 37.9 Å². The number of aromatic nitrogens is 1. The van der Waals surface area contributed by atoms with Crippen molar-refractivity contribution in [3.63, 3.8) is 0 Å². The first-order valence-corrected chi connectivity index (χ1v) is 5.62. The molecule has 0 amide bonds. The van der Waals surface area contributed by atoms with Crippen LogP contribution in [-0.2, 0) is 13.0 Å². The monoisotopic (exact) mass is 209 g/mol. The number of nitrogens with zero attached hydrogens (tertiary/aromatic N) is 1. The number of carboxylic acid groups (broad SMARTS) is 1. The Hall–Kier alpha value is -1.25. The number of rotatable bonds is 6. The van der Waals surface area contributed by atoms with Crippen molar-refractivity contribution in [3.05, 3.63) is 23.5 Å². The van der Waals surface area contributed by atoms with Gasteiger partial charge in [-0.1, -0.05) is 26.7 Å². The third-order valence-electron chi connectivity index (χ3n) is 2.55. The molecule has 1 heterocycles. The van der Waals surface area contributed by atoms with Crippen molar-refractivity contribution in [2.24, 2.45) is 0 Å². The van der Waals surface area contributed by atoms with Crippen LogP contribution in [0.25, 0.3) is 0 Å². The zero-order chi connectivity index (χ0) is 11.3.